The molecule has 0 aliphatic rings. The molecule has 0 bridgehead atoms. The third-order valence-corrected chi connectivity index (χ3v) is 9.40. The molecule has 51 heavy (non-hydrogen) atoms. The van der Waals surface area contributed by atoms with Crippen molar-refractivity contribution in [1.29, 1.82) is 5.53 Å². The van der Waals surface area contributed by atoms with Crippen LogP contribution in [0.25, 0.3) is 0 Å². The molecule has 2 aromatic rings. The Labute approximate surface area is 302 Å². The van der Waals surface area contributed by atoms with Crippen molar-refractivity contribution < 1.29 is 43.7 Å². The first-order valence-electron chi connectivity index (χ1n) is 17.0. The fraction of sp³-hybridized carbons (Fsp3) is 0.600. The third kappa shape index (κ3) is 13.9. The molecule has 0 fully saturated rings. The Kier molecular flexibility index (Phi) is 17.4. The molecular formula is C35H51N6O9S+. The summed E-state index contributed by atoms with van der Waals surface area (Å²) in [4.78, 5) is 72.4. The Morgan fingerprint density at radius 3 is 2.25 bits per heavy atom. The van der Waals surface area contributed by atoms with Crippen molar-refractivity contribution in [2.45, 2.75) is 105 Å². The zero-order valence-corrected chi connectivity index (χ0v) is 31.1. The van der Waals surface area contributed by atoms with Crippen molar-refractivity contribution >= 4 is 41.2 Å². The predicted molar refractivity (Wildman–Crippen MR) is 188 cm³/mol. The second kappa shape index (κ2) is 20.9. The number of esters is 1. The van der Waals surface area contributed by atoms with Gasteiger partial charge in [0.05, 0.1) is 5.92 Å². The van der Waals surface area contributed by atoms with Gasteiger partial charge in [-0.25, -0.2) is 9.78 Å². The maximum absolute atomic E-state index is 14.0. The van der Waals surface area contributed by atoms with E-state index in [-0.39, 0.29) is 47.7 Å². The van der Waals surface area contributed by atoms with Gasteiger partial charge < -0.3 is 29.9 Å². The van der Waals surface area contributed by atoms with Gasteiger partial charge in [0.25, 0.3) is 11.8 Å². The standard InChI is InChI=1S/C35H50N6O9S/c1-8-22(6)30(39-40-36)33(44)41(19-49-29(42)14-20(2)3)27(21(4)5)17-28(50-35(47)48)32-38-26(18-51-32)31(43)37-25(15-23(7)34(45)46)16-24-12-10-9-11-13-24/h9-13,18,20-23,25,27-28,30,36H,8,14-17,19H2,1-7H3,(H2-,37,43,45,46,47,48)/p+1/t22-,23-,25+,27+,28+,30-/m0/s1. The number of benzene rings is 1. The number of thiazole rings is 1. The molecule has 0 saturated heterocycles. The highest BCUT2D eigenvalue weighted by Crippen LogP contribution is 2.32. The molecule has 1 heterocycles. The van der Waals surface area contributed by atoms with Gasteiger partial charge in [0, 0.05) is 30.3 Å². The van der Waals surface area contributed by atoms with E-state index >= 15 is 0 Å². The van der Waals surface area contributed by atoms with Gasteiger partial charge in [-0.15, -0.1) is 11.3 Å². The molecule has 1 aromatic carbocycles. The minimum atomic E-state index is -1.60. The summed E-state index contributed by atoms with van der Waals surface area (Å²) in [5, 5.41) is 27.6. The summed E-state index contributed by atoms with van der Waals surface area (Å²) in [5.41, 5.74) is 8.21. The van der Waals surface area contributed by atoms with E-state index in [1.165, 1.54) is 10.3 Å². The number of nitrogens with zero attached hydrogens (tertiary/aromatic N) is 4. The number of ether oxygens (including phenoxy) is 2. The summed E-state index contributed by atoms with van der Waals surface area (Å²) in [5.74, 6) is -4.00. The largest absolute Gasteiger partial charge is 0.506 e. The number of rotatable bonds is 21. The Morgan fingerprint density at radius 2 is 1.71 bits per heavy atom. The lowest BCUT2D eigenvalue weighted by Gasteiger charge is -2.36. The van der Waals surface area contributed by atoms with Crippen LogP contribution in [0, 0.1) is 29.2 Å². The van der Waals surface area contributed by atoms with Gasteiger partial charge in [-0.05, 0) is 36.2 Å². The first-order valence-corrected chi connectivity index (χ1v) is 17.9. The number of hydrogen-bond donors (Lipinski definition) is 4. The van der Waals surface area contributed by atoms with Crippen molar-refractivity contribution in [2.75, 3.05) is 6.73 Å². The summed E-state index contributed by atoms with van der Waals surface area (Å²) in [6, 6.07) is 6.95. The van der Waals surface area contributed by atoms with E-state index < -0.39 is 66.8 Å². The van der Waals surface area contributed by atoms with Crippen molar-refractivity contribution in [2.24, 2.45) is 28.8 Å². The molecule has 0 aliphatic heterocycles. The number of carboxylic acids is 1. The van der Waals surface area contributed by atoms with Gasteiger partial charge in [0.1, 0.15) is 21.3 Å². The molecule has 6 atom stereocenters. The van der Waals surface area contributed by atoms with Crippen LogP contribution in [0.15, 0.2) is 40.8 Å². The van der Waals surface area contributed by atoms with Crippen LogP contribution in [-0.2, 0) is 30.3 Å². The zero-order valence-electron chi connectivity index (χ0n) is 30.3. The lowest BCUT2D eigenvalue weighted by Crippen LogP contribution is -2.50. The summed E-state index contributed by atoms with van der Waals surface area (Å²) < 4.78 is 10.8. The summed E-state index contributed by atoms with van der Waals surface area (Å²) in [6.07, 6.45) is -1.73. The SMILES string of the molecule is CC[C@H](C)[C@H](N=[N+]=N)C(=O)N(COC(=O)CC(C)C)[C@H](C[C@@H](OC(=O)O)c1nc(C(=O)N[C@@H](Cc2ccccc2)C[C@H](C)C(=O)O)cs1)C(C)C. The summed E-state index contributed by atoms with van der Waals surface area (Å²) >= 11 is 0.998. The van der Waals surface area contributed by atoms with E-state index in [1.54, 1.807) is 13.8 Å². The van der Waals surface area contributed by atoms with E-state index in [0.29, 0.717) is 12.8 Å². The topological polar surface area (TPSA) is 223 Å². The average Bonchev–Trinajstić information content (AvgIpc) is 3.56. The summed E-state index contributed by atoms with van der Waals surface area (Å²) in [7, 11) is 0. The second-order valence-corrected chi connectivity index (χ2v) is 14.3. The molecule has 16 heteroatoms. The summed E-state index contributed by atoms with van der Waals surface area (Å²) in [6.45, 7) is 12.1. The number of carbonyl (C=O) groups excluding carboxylic acids is 3. The van der Waals surface area contributed by atoms with E-state index in [4.69, 9.17) is 15.0 Å². The molecule has 4 N–H and O–H groups in total. The molecule has 0 radical (unpaired) electrons. The fourth-order valence-electron chi connectivity index (χ4n) is 5.44. The lowest BCUT2D eigenvalue weighted by atomic mass is 9.93. The monoisotopic (exact) mass is 731 g/mol. The van der Waals surface area contributed by atoms with Gasteiger partial charge >= 0.3 is 18.1 Å². The van der Waals surface area contributed by atoms with Gasteiger partial charge in [-0.2, -0.15) is 0 Å². The maximum Gasteiger partial charge on any atom is 0.506 e. The number of hydrogen-bond acceptors (Lipinski definition) is 11. The normalized spacial score (nSPS) is 14.7. The number of amides is 2. The number of carboxylic acid groups (broad SMARTS) is 2. The van der Waals surface area contributed by atoms with Crippen LogP contribution in [0.5, 0.6) is 0 Å². The molecular weight excluding hydrogens is 680 g/mol. The Morgan fingerprint density at radius 1 is 1.04 bits per heavy atom. The molecule has 0 saturated carbocycles. The van der Waals surface area contributed by atoms with E-state index in [9.17, 15) is 34.2 Å². The minimum Gasteiger partial charge on any atom is -0.481 e. The molecule has 280 valence electrons. The molecule has 2 amide bonds. The first kappa shape index (κ1) is 42.5. The Bertz CT molecular complexity index is 1510. The van der Waals surface area contributed by atoms with Crippen LogP contribution in [0.1, 0.15) is 101 Å². The van der Waals surface area contributed by atoms with Gasteiger partial charge in [-0.3, -0.25) is 19.2 Å². The van der Waals surface area contributed by atoms with Gasteiger partial charge in [-0.1, -0.05) is 85.2 Å². The highest BCUT2D eigenvalue weighted by molar-refractivity contribution is 7.09. The predicted octanol–water partition coefficient (Wildman–Crippen LogP) is 6.09. The zero-order chi connectivity index (χ0) is 38.2. The van der Waals surface area contributed by atoms with E-state index in [1.807, 2.05) is 65.0 Å². The van der Waals surface area contributed by atoms with Crippen LogP contribution in [0.3, 0.4) is 0 Å². The van der Waals surface area contributed by atoms with Crippen molar-refractivity contribution in [3.63, 3.8) is 0 Å². The fourth-order valence-corrected chi connectivity index (χ4v) is 6.28. The van der Waals surface area contributed by atoms with Crippen molar-refractivity contribution in [3.8, 4) is 0 Å². The van der Waals surface area contributed by atoms with Crippen LogP contribution < -0.4 is 10.2 Å². The number of aliphatic carboxylic acids is 1. The highest BCUT2D eigenvalue weighted by atomic mass is 32.1. The Hall–Kier alpha value is -4.69. The molecule has 1 aromatic heterocycles. The third-order valence-electron chi connectivity index (χ3n) is 8.46. The van der Waals surface area contributed by atoms with Gasteiger partial charge in [0.2, 0.25) is 11.0 Å². The Balaban J connectivity index is 2.45. The van der Waals surface area contributed by atoms with E-state index in [2.05, 4.69) is 20.3 Å². The average molecular weight is 732 g/mol. The van der Waals surface area contributed by atoms with Crippen molar-refractivity contribution in [3.05, 3.63) is 52.0 Å². The second-order valence-electron chi connectivity index (χ2n) is 13.4. The van der Waals surface area contributed by atoms with Crippen LogP contribution >= 0.6 is 11.3 Å². The molecule has 15 nitrogen and oxygen atoms in total. The smallest absolute Gasteiger partial charge is 0.481 e. The quantitative estimate of drug-likeness (QED) is 0.0501. The molecule has 0 unspecified atom stereocenters. The van der Waals surface area contributed by atoms with Crippen molar-refractivity contribution in [1.82, 2.24) is 20.1 Å². The van der Waals surface area contributed by atoms with Crippen LogP contribution in [-0.4, -0.2) is 74.9 Å². The van der Waals surface area contributed by atoms with Crippen LogP contribution in [0.2, 0.25) is 0 Å². The highest BCUT2D eigenvalue weighted by Gasteiger charge is 2.39. The molecule has 2 rings (SSSR count). The van der Waals surface area contributed by atoms with E-state index in [0.717, 1.165) is 16.9 Å². The maximum atomic E-state index is 14.0. The number of carbonyl (C=O) groups is 5. The van der Waals surface area contributed by atoms with Crippen LogP contribution in [0.4, 0.5) is 4.79 Å². The van der Waals surface area contributed by atoms with Gasteiger partial charge in [0.15, 0.2) is 12.8 Å². The lowest BCUT2D eigenvalue weighted by molar-refractivity contribution is -0.158. The first-order chi connectivity index (χ1) is 24.1. The molecule has 0 spiro atoms. The minimum absolute atomic E-state index is 0.00589. The number of aromatic nitrogens is 1. The number of nitrogens with one attached hydrogen (secondary N) is 2. The molecule has 0 aliphatic carbocycles.